The first kappa shape index (κ1) is 16.4. The Hall–Kier alpha value is -0.610. The van der Waals surface area contributed by atoms with Crippen molar-refractivity contribution in [3.8, 4) is 0 Å². The lowest BCUT2D eigenvalue weighted by Gasteiger charge is -2.36. The van der Waals surface area contributed by atoms with Crippen LogP contribution in [0.5, 0.6) is 0 Å². The van der Waals surface area contributed by atoms with Crippen molar-refractivity contribution in [2.45, 2.75) is 64.8 Å². The van der Waals surface area contributed by atoms with Crippen LogP contribution in [0.1, 0.15) is 58.8 Å². The van der Waals surface area contributed by atoms with E-state index >= 15 is 0 Å². The Morgan fingerprint density at radius 2 is 2.00 bits per heavy atom. The second kappa shape index (κ2) is 8.54. The molecular weight excluding hydrogens is 242 g/mol. The molecule has 1 unspecified atom stereocenters. The summed E-state index contributed by atoms with van der Waals surface area (Å²) >= 11 is 0. The summed E-state index contributed by atoms with van der Waals surface area (Å²) in [4.78, 5) is 11.9. The second-order valence-corrected chi connectivity index (χ2v) is 5.69. The summed E-state index contributed by atoms with van der Waals surface area (Å²) in [6, 6.07) is -0.227. The maximum Gasteiger partial charge on any atom is 0.323 e. The molecule has 19 heavy (non-hydrogen) atoms. The number of aliphatic hydroxyl groups excluding tert-OH is 1. The molecule has 0 amide bonds. The highest BCUT2D eigenvalue weighted by Crippen LogP contribution is 2.35. The molecule has 1 fully saturated rings. The number of rotatable bonds is 8. The van der Waals surface area contributed by atoms with E-state index in [2.05, 4.69) is 12.2 Å². The van der Waals surface area contributed by atoms with Gasteiger partial charge in [-0.1, -0.05) is 32.6 Å². The van der Waals surface area contributed by atoms with Crippen LogP contribution < -0.4 is 5.32 Å². The second-order valence-electron chi connectivity index (χ2n) is 5.69. The lowest BCUT2D eigenvalue weighted by molar-refractivity contribution is -0.146. The highest BCUT2D eigenvalue weighted by atomic mass is 16.5. The third kappa shape index (κ3) is 5.11. The monoisotopic (exact) mass is 271 g/mol. The molecule has 1 aliphatic carbocycles. The van der Waals surface area contributed by atoms with Crippen LogP contribution in [0.3, 0.4) is 0 Å². The number of aliphatic hydroxyl groups is 1. The molecule has 112 valence electrons. The predicted octanol–water partition coefficient (Wildman–Crippen LogP) is 2.25. The van der Waals surface area contributed by atoms with Gasteiger partial charge in [0, 0.05) is 18.6 Å². The predicted molar refractivity (Wildman–Crippen MR) is 75.9 cm³/mol. The van der Waals surface area contributed by atoms with Crippen molar-refractivity contribution in [3.63, 3.8) is 0 Å². The molecule has 0 saturated heterocycles. The van der Waals surface area contributed by atoms with Gasteiger partial charge in [-0.3, -0.25) is 4.79 Å². The van der Waals surface area contributed by atoms with Gasteiger partial charge in [0.05, 0.1) is 6.61 Å². The molecule has 1 saturated carbocycles. The fourth-order valence-corrected chi connectivity index (χ4v) is 2.87. The molecule has 4 nitrogen and oxygen atoms in total. The molecule has 4 heteroatoms. The third-order valence-corrected chi connectivity index (χ3v) is 4.12. The summed E-state index contributed by atoms with van der Waals surface area (Å²) in [7, 11) is 0. The number of carbonyl (C=O) groups excluding carboxylic acids is 1. The van der Waals surface area contributed by atoms with Crippen LogP contribution in [-0.4, -0.2) is 36.9 Å². The van der Waals surface area contributed by atoms with Crippen molar-refractivity contribution < 1.29 is 14.6 Å². The minimum atomic E-state index is -0.227. The summed E-state index contributed by atoms with van der Waals surface area (Å²) in [6.45, 7) is 5.24. The van der Waals surface area contributed by atoms with Crippen molar-refractivity contribution in [2.75, 3.05) is 19.8 Å². The Bertz CT molecular complexity index is 262. The maximum absolute atomic E-state index is 11.9. The average Bonchev–Trinajstić information content (AvgIpc) is 2.44. The standard InChI is InChI=1S/C15H29NO3/c1-3-8-13(14(18)19-4-2)16-11-15(12-17)9-6-5-7-10-15/h13,16-17H,3-12H2,1-2H3. The van der Waals surface area contributed by atoms with E-state index in [0.29, 0.717) is 13.2 Å². The first-order valence-corrected chi connectivity index (χ1v) is 7.68. The first-order valence-electron chi connectivity index (χ1n) is 7.68. The van der Waals surface area contributed by atoms with Crippen molar-refractivity contribution in [1.82, 2.24) is 5.32 Å². The van der Waals surface area contributed by atoms with E-state index in [4.69, 9.17) is 4.74 Å². The van der Waals surface area contributed by atoms with Crippen LogP contribution in [0.2, 0.25) is 0 Å². The van der Waals surface area contributed by atoms with Gasteiger partial charge in [-0.25, -0.2) is 0 Å². The number of hydrogen-bond acceptors (Lipinski definition) is 4. The summed E-state index contributed by atoms with van der Waals surface area (Å²) in [5.74, 6) is -0.159. The molecule has 1 aliphatic rings. The van der Waals surface area contributed by atoms with E-state index in [0.717, 1.165) is 25.7 Å². The number of ether oxygens (including phenoxy) is 1. The minimum Gasteiger partial charge on any atom is -0.465 e. The Morgan fingerprint density at radius 3 is 2.53 bits per heavy atom. The van der Waals surface area contributed by atoms with Crippen molar-refractivity contribution in [1.29, 1.82) is 0 Å². The van der Waals surface area contributed by atoms with Crippen molar-refractivity contribution >= 4 is 5.97 Å². The topological polar surface area (TPSA) is 58.6 Å². The highest BCUT2D eigenvalue weighted by molar-refractivity contribution is 5.75. The zero-order chi connectivity index (χ0) is 14.1. The van der Waals surface area contributed by atoms with Gasteiger partial charge >= 0.3 is 5.97 Å². The first-order chi connectivity index (χ1) is 9.17. The fraction of sp³-hybridized carbons (Fsp3) is 0.933. The Kier molecular flexibility index (Phi) is 7.39. The van der Waals surface area contributed by atoms with Gasteiger partial charge in [0.1, 0.15) is 6.04 Å². The molecule has 0 heterocycles. The minimum absolute atomic E-state index is 0.0310. The number of hydrogen-bond donors (Lipinski definition) is 2. The summed E-state index contributed by atoms with van der Waals surface area (Å²) in [5.41, 5.74) is -0.0310. The molecule has 0 spiro atoms. The SMILES string of the molecule is CCCC(NCC1(CO)CCCCC1)C(=O)OCC. The van der Waals surface area contributed by atoms with Crippen LogP contribution >= 0.6 is 0 Å². The Balaban J connectivity index is 2.51. The Labute approximate surface area is 116 Å². The van der Waals surface area contributed by atoms with Gasteiger partial charge in [-0.05, 0) is 26.2 Å². The van der Waals surface area contributed by atoms with E-state index < -0.39 is 0 Å². The van der Waals surface area contributed by atoms with Gasteiger partial charge in [-0.2, -0.15) is 0 Å². The van der Waals surface area contributed by atoms with E-state index in [1.807, 2.05) is 6.92 Å². The van der Waals surface area contributed by atoms with Crippen LogP contribution in [0, 0.1) is 5.41 Å². The van der Waals surface area contributed by atoms with Gasteiger partial charge in [0.25, 0.3) is 0 Å². The average molecular weight is 271 g/mol. The van der Waals surface area contributed by atoms with E-state index in [9.17, 15) is 9.90 Å². The molecule has 1 rings (SSSR count). The van der Waals surface area contributed by atoms with Gasteiger partial charge in [0.2, 0.25) is 0 Å². The maximum atomic E-state index is 11.9. The fourth-order valence-electron chi connectivity index (χ4n) is 2.87. The summed E-state index contributed by atoms with van der Waals surface area (Å²) in [6.07, 6.45) is 7.47. The molecule has 0 aromatic rings. The van der Waals surface area contributed by atoms with Crippen molar-refractivity contribution in [3.05, 3.63) is 0 Å². The summed E-state index contributed by atoms with van der Waals surface area (Å²) in [5, 5.41) is 13.0. The summed E-state index contributed by atoms with van der Waals surface area (Å²) < 4.78 is 5.10. The molecule has 2 N–H and O–H groups in total. The molecule has 0 aromatic heterocycles. The van der Waals surface area contributed by atoms with Crippen molar-refractivity contribution in [2.24, 2.45) is 5.41 Å². The molecule has 0 bridgehead atoms. The number of carbonyl (C=O) groups is 1. The largest absolute Gasteiger partial charge is 0.465 e. The van der Waals surface area contributed by atoms with Gasteiger partial charge in [0.15, 0.2) is 0 Å². The Morgan fingerprint density at radius 1 is 1.32 bits per heavy atom. The van der Waals surface area contributed by atoms with Crippen LogP contribution in [0.4, 0.5) is 0 Å². The lowest BCUT2D eigenvalue weighted by Crippen LogP contribution is -2.46. The normalized spacial score (nSPS) is 19.9. The van der Waals surface area contributed by atoms with E-state index in [-0.39, 0.29) is 24.0 Å². The lowest BCUT2D eigenvalue weighted by atomic mass is 9.74. The smallest absolute Gasteiger partial charge is 0.323 e. The van der Waals surface area contributed by atoms with Gasteiger partial charge < -0.3 is 15.2 Å². The zero-order valence-corrected chi connectivity index (χ0v) is 12.4. The van der Waals surface area contributed by atoms with E-state index in [1.165, 1.54) is 19.3 Å². The van der Waals surface area contributed by atoms with Crippen LogP contribution in [-0.2, 0) is 9.53 Å². The zero-order valence-electron chi connectivity index (χ0n) is 12.4. The number of nitrogens with one attached hydrogen (secondary N) is 1. The molecule has 0 aromatic carbocycles. The molecule has 0 radical (unpaired) electrons. The van der Waals surface area contributed by atoms with Crippen LogP contribution in [0.25, 0.3) is 0 Å². The highest BCUT2D eigenvalue weighted by Gasteiger charge is 2.32. The van der Waals surface area contributed by atoms with Crippen LogP contribution in [0.15, 0.2) is 0 Å². The quantitative estimate of drug-likeness (QED) is 0.665. The molecule has 1 atom stereocenters. The van der Waals surface area contributed by atoms with Gasteiger partial charge in [-0.15, -0.1) is 0 Å². The number of esters is 1. The van der Waals surface area contributed by atoms with E-state index in [1.54, 1.807) is 0 Å². The molecular formula is C15H29NO3. The molecule has 0 aliphatic heterocycles. The third-order valence-electron chi connectivity index (χ3n) is 4.12.